The van der Waals surface area contributed by atoms with E-state index in [4.69, 9.17) is 5.26 Å². The molecule has 3 aromatic rings. The summed E-state index contributed by atoms with van der Waals surface area (Å²) in [5.74, 6) is 0.0373. The van der Waals surface area contributed by atoms with Crippen molar-refractivity contribution in [1.29, 1.82) is 5.26 Å². The number of carbonyl (C=O) groups excluding carboxylic acids is 1. The molecule has 1 aromatic heterocycles. The first kappa shape index (κ1) is 18.9. The average molecular weight is 397 g/mol. The number of thiocyanates is 1. The van der Waals surface area contributed by atoms with Gasteiger partial charge < -0.3 is 5.32 Å². The number of tetrazole rings is 1. The maximum atomic E-state index is 12.4. The lowest BCUT2D eigenvalue weighted by Gasteiger charge is -2.12. The topological polar surface area (TPSA) is 96.5 Å². The van der Waals surface area contributed by atoms with Gasteiger partial charge in [0.05, 0.1) is 11.4 Å². The summed E-state index contributed by atoms with van der Waals surface area (Å²) in [6.45, 7) is 3.82. The summed E-state index contributed by atoms with van der Waals surface area (Å²) in [6, 6.07) is 13.3. The molecule has 1 N–H and O–H groups in total. The molecular formula is C18H16N6OS2. The molecule has 3 rings (SSSR count). The van der Waals surface area contributed by atoms with Crippen molar-refractivity contribution in [2.45, 2.75) is 23.9 Å². The molecule has 0 saturated carbocycles. The molecule has 1 heterocycles. The van der Waals surface area contributed by atoms with Gasteiger partial charge in [-0.25, -0.2) is 0 Å². The van der Waals surface area contributed by atoms with Gasteiger partial charge >= 0.3 is 0 Å². The van der Waals surface area contributed by atoms with Crippen molar-refractivity contribution in [2.24, 2.45) is 0 Å². The zero-order valence-corrected chi connectivity index (χ0v) is 16.3. The van der Waals surface area contributed by atoms with Crippen molar-refractivity contribution in [1.82, 2.24) is 20.2 Å². The summed E-state index contributed by atoms with van der Waals surface area (Å²) in [4.78, 5) is 13.3. The second-order valence-corrected chi connectivity index (χ2v) is 7.47. The van der Waals surface area contributed by atoms with Crippen LogP contribution in [-0.4, -0.2) is 31.9 Å². The summed E-state index contributed by atoms with van der Waals surface area (Å²) in [6.07, 6.45) is 0. The lowest BCUT2D eigenvalue weighted by Crippen LogP contribution is -2.16. The number of nitrogens with zero attached hydrogens (tertiary/aromatic N) is 5. The highest BCUT2D eigenvalue weighted by Crippen LogP contribution is 2.28. The first-order chi connectivity index (χ1) is 13.1. The van der Waals surface area contributed by atoms with Crippen molar-refractivity contribution in [2.75, 3.05) is 11.1 Å². The molecule has 1 amide bonds. The highest BCUT2D eigenvalue weighted by atomic mass is 32.2. The maximum absolute atomic E-state index is 12.4. The Morgan fingerprint density at radius 3 is 2.59 bits per heavy atom. The molecule has 0 aliphatic heterocycles. The molecule has 0 saturated heterocycles. The number of aromatic nitrogens is 4. The standard InChI is InChI=1S/C18H16N6OS2/c1-12-8-15(27-11-19)9-13(2)17(12)20-16(25)10-26-18-21-22-23-24(18)14-6-4-3-5-7-14/h3-9H,10H2,1-2H3,(H,20,25). The molecule has 136 valence electrons. The van der Waals surface area contributed by atoms with Gasteiger partial charge in [0.25, 0.3) is 0 Å². The normalized spacial score (nSPS) is 10.4. The minimum atomic E-state index is -0.144. The third-order valence-electron chi connectivity index (χ3n) is 3.71. The number of benzene rings is 2. The van der Waals surface area contributed by atoms with Crippen molar-refractivity contribution in [3.63, 3.8) is 0 Å². The number of amides is 1. The molecule has 0 aliphatic carbocycles. The Bertz CT molecular complexity index is 974. The van der Waals surface area contributed by atoms with Gasteiger partial charge in [-0.15, -0.1) is 5.10 Å². The molecular weight excluding hydrogens is 380 g/mol. The van der Waals surface area contributed by atoms with Gasteiger partial charge in [0.2, 0.25) is 11.1 Å². The van der Waals surface area contributed by atoms with E-state index in [2.05, 4.69) is 26.2 Å². The fourth-order valence-electron chi connectivity index (χ4n) is 2.54. The lowest BCUT2D eigenvalue weighted by atomic mass is 10.1. The second kappa shape index (κ2) is 8.70. The molecule has 0 fully saturated rings. The van der Waals surface area contributed by atoms with Crippen LogP contribution in [0.4, 0.5) is 5.69 Å². The Morgan fingerprint density at radius 2 is 1.93 bits per heavy atom. The van der Waals surface area contributed by atoms with Crippen LogP contribution in [-0.2, 0) is 4.79 Å². The fraction of sp³-hybridized carbons (Fsp3) is 0.167. The van der Waals surface area contributed by atoms with Crippen LogP contribution < -0.4 is 5.32 Å². The number of hydrogen-bond donors (Lipinski definition) is 1. The van der Waals surface area contributed by atoms with E-state index >= 15 is 0 Å². The molecule has 0 bridgehead atoms. The van der Waals surface area contributed by atoms with Crippen LogP contribution in [0.5, 0.6) is 0 Å². The number of aryl methyl sites for hydroxylation is 2. The molecule has 0 unspecified atom stereocenters. The molecule has 9 heteroatoms. The predicted molar refractivity (Wildman–Crippen MR) is 106 cm³/mol. The Labute approximate surface area is 165 Å². The molecule has 27 heavy (non-hydrogen) atoms. The number of nitrogens with one attached hydrogen (secondary N) is 1. The van der Waals surface area contributed by atoms with Crippen molar-refractivity contribution in [3.8, 4) is 11.1 Å². The number of carbonyl (C=O) groups is 1. The highest BCUT2D eigenvalue weighted by Gasteiger charge is 2.13. The van der Waals surface area contributed by atoms with Crippen molar-refractivity contribution < 1.29 is 4.79 Å². The van der Waals surface area contributed by atoms with Gasteiger partial charge in [0, 0.05) is 10.6 Å². The number of para-hydroxylation sites is 1. The van der Waals surface area contributed by atoms with Gasteiger partial charge in [-0.3, -0.25) is 4.79 Å². The third-order valence-corrected chi connectivity index (χ3v) is 5.19. The van der Waals surface area contributed by atoms with Crippen LogP contribution in [0.3, 0.4) is 0 Å². The minimum Gasteiger partial charge on any atom is -0.325 e. The first-order valence-electron chi connectivity index (χ1n) is 8.02. The minimum absolute atomic E-state index is 0.144. The molecule has 0 aliphatic rings. The van der Waals surface area contributed by atoms with Crippen LogP contribution in [0.15, 0.2) is 52.5 Å². The van der Waals surface area contributed by atoms with Crippen LogP contribution in [0.25, 0.3) is 5.69 Å². The molecule has 7 nitrogen and oxygen atoms in total. The van der Waals surface area contributed by atoms with Gasteiger partial charge in [-0.2, -0.15) is 9.94 Å². The fourth-order valence-corrected chi connectivity index (χ4v) is 3.81. The van der Waals surface area contributed by atoms with Gasteiger partial charge in [0.1, 0.15) is 5.40 Å². The molecule has 0 spiro atoms. The zero-order chi connectivity index (χ0) is 19.2. The Hall–Kier alpha value is -2.83. The SMILES string of the molecule is Cc1cc(SC#N)cc(C)c1NC(=O)CSc1nnnn1-c1ccccc1. The summed E-state index contributed by atoms with van der Waals surface area (Å²) < 4.78 is 1.60. The Balaban J connectivity index is 1.67. The van der Waals surface area contributed by atoms with E-state index in [-0.39, 0.29) is 11.7 Å². The number of nitriles is 1. The van der Waals surface area contributed by atoms with Gasteiger partial charge in [0.15, 0.2) is 0 Å². The molecule has 0 atom stereocenters. The summed E-state index contributed by atoms with van der Waals surface area (Å²) in [5.41, 5.74) is 3.44. The number of thioether (sulfide) groups is 2. The first-order valence-corrected chi connectivity index (χ1v) is 9.82. The van der Waals surface area contributed by atoms with E-state index in [9.17, 15) is 4.79 Å². The van der Waals surface area contributed by atoms with Gasteiger partial charge in [-0.1, -0.05) is 30.0 Å². The van der Waals surface area contributed by atoms with E-state index in [0.29, 0.717) is 5.16 Å². The van der Waals surface area contributed by atoms with E-state index in [0.717, 1.165) is 39.2 Å². The van der Waals surface area contributed by atoms with Crippen LogP contribution in [0.2, 0.25) is 0 Å². The van der Waals surface area contributed by atoms with E-state index < -0.39 is 0 Å². The highest BCUT2D eigenvalue weighted by molar-refractivity contribution is 8.03. The van der Waals surface area contributed by atoms with Crippen LogP contribution in [0.1, 0.15) is 11.1 Å². The van der Waals surface area contributed by atoms with Crippen LogP contribution in [0, 0.1) is 24.5 Å². The quantitative estimate of drug-likeness (QED) is 0.502. The van der Waals surface area contributed by atoms with E-state index in [1.54, 1.807) is 4.68 Å². The number of rotatable bonds is 6. The van der Waals surface area contributed by atoms with E-state index in [1.807, 2.05) is 56.3 Å². The average Bonchev–Trinajstić information content (AvgIpc) is 3.13. The summed E-state index contributed by atoms with van der Waals surface area (Å²) in [5, 5.41) is 26.0. The lowest BCUT2D eigenvalue weighted by molar-refractivity contribution is -0.113. The zero-order valence-electron chi connectivity index (χ0n) is 14.7. The van der Waals surface area contributed by atoms with Crippen LogP contribution >= 0.6 is 23.5 Å². The third kappa shape index (κ3) is 4.67. The maximum Gasteiger partial charge on any atom is 0.234 e. The Kier molecular flexibility index (Phi) is 6.11. The second-order valence-electron chi connectivity index (χ2n) is 5.67. The monoisotopic (exact) mass is 396 g/mol. The summed E-state index contributed by atoms with van der Waals surface area (Å²) in [7, 11) is 0. The van der Waals surface area contributed by atoms with Gasteiger partial charge in [-0.05, 0) is 71.4 Å². The summed E-state index contributed by atoms with van der Waals surface area (Å²) >= 11 is 2.37. The molecule has 2 aromatic carbocycles. The van der Waals surface area contributed by atoms with Crippen molar-refractivity contribution >= 4 is 35.1 Å². The molecule has 0 radical (unpaired) electrons. The van der Waals surface area contributed by atoms with Crippen molar-refractivity contribution in [3.05, 3.63) is 53.6 Å². The Morgan fingerprint density at radius 1 is 1.22 bits per heavy atom. The number of anilines is 1. The largest absolute Gasteiger partial charge is 0.325 e. The predicted octanol–water partition coefficient (Wildman–Crippen LogP) is 3.58. The smallest absolute Gasteiger partial charge is 0.234 e. The number of hydrogen-bond acceptors (Lipinski definition) is 7. The van der Waals surface area contributed by atoms with E-state index in [1.165, 1.54) is 11.8 Å².